The minimum atomic E-state index is -0.762. The monoisotopic (exact) mass is 216 g/mol. The van der Waals surface area contributed by atoms with Crippen LogP contribution in [0.2, 0.25) is 0 Å². The van der Waals surface area contributed by atoms with Crippen molar-refractivity contribution < 1.29 is 4.21 Å². The Morgan fingerprint density at radius 1 is 1.43 bits per heavy atom. The first kappa shape index (κ1) is 10.6. The van der Waals surface area contributed by atoms with E-state index in [1.807, 2.05) is 13.8 Å². The van der Waals surface area contributed by atoms with Crippen molar-refractivity contribution in [3.05, 3.63) is 0 Å². The van der Waals surface area contributed by atoms with Crippen LogP contribution in [-0.4, -0.2) is 39.4 Å². The van der Waals surface area contributed by atoms with E-state index in [-0.39, 0.29) is 5.25 Å². The summed E-state index contributed by atoms with van der Waals surface area (Å²) in [6.45, 7) is 7.25. The van der Waals surface area contributed by atoms with Gasteiger partial charge in [-0.05, 0) is 39.2 Å². The van der Waals surface area contributed by atoms with Crippen molar-refractivity contribution in [1.82, 2.24) is 9.62 Å². The highest BCUT2D eigenvalue weighted by Gasteiger charge is 2.34. The second kappa shape index (κ2) is 4.29. The molecule has 0 aromatic carbocycles. The number of fused-ring (bicyclic) bond motifs is 1. The first-order valence-electron chi connectivity index (χ1n) is 5.57. The predicted octanol–water partition coefficient (Wildman–Crippen LogP) is 0.742. The van der Waals surface area contributed by atoms with Gasteiger partial charge in [0.05, 0.1) is 11.0 Å². The molecular weight excluding hydrogens is 196 g/mol. The van der Waals surface area contributed by atoms with E-state index < -0.39 is 11.0 Å². The molecule has 0 aromatic heterocycles. The molecule has 2 rings (SSSR count). The topological polar surface area (TPSA) is 32.3 Å². The lowest BCUT2D eigenvalue weighted by atomic mass is 9.95. The van der Waals surface area contributed by atoms with E-state index in [1.165, 1.54) is 12.8 Å². The Hall–Kier alpha value is 0.0700. The molecule has 4 heteroatoms. The minimum absolute atomic E-state index is 0.265. The fraction of sp³-hybridized carbons (Fsp3) is 1.00. The van der Waals surface area contributed by atoms with Crippen LogP contribution in [0, 0.1) is 5.92 Å². The van der Waals surface area contributed by atoms with Gasteiger partial charge in [0.25, 0.3) is 0 Å². The molecule has 3 nitrogen and oxygen atoms in total. The fourth-order valence-corrected chi connectivity index (χ4v) is 3.70. The highest BCUT2D eigenvalue weighted by Crippen LogP contribution is 2.25. The molecule has 14 heavy (non-hydrogen) atoms. The Labute approximate surface area is 88.8 Å². The van der Waals surface area contributed by atoms with E-state index in [0.717, 1.165) is 25.6 Å². The van der Waals surface area contributed by atoms with Gasteiger partial charge in [0.1, 0.15) is 0 Å². The first-order valence-corrected chi connectivity index (χ1v) is 6.74. The molecule has 0 aromatic rings. The second-order valence-electron chi connectivity index (χ2n) is 4.61. The number of nitrogens with one attached hydrogen (secondary N) is 1. The molecule has 3 unspecified atom stereocenters. The van der Waals surface area contributed by atoms with Gasteiger partial charge in [-0.15, -0.1) is 0 Å². The molecule has 1 N–H and O–H groups in total. The maximum absolute atomic E-state index is 11.9. The van der Waals surface area contributed by atoms with Gasteiger partial charge in [-0.3, -0.25) is 0 Å². The van der Waals surface area contributed by atoms with Crippen LogP contribution in [0.15, 0.2) is 0 Å². The van der Waals surface area contributed by atoms with Gasteiger partial charge < -0.3 is 5.32 Å². The molecule has 82 valence electrons. The second-order valence-corrected chi connectivity index (χ2v) is 6.62. The molecule has 2 aliphatic rings. The molecule has 2 aliphatic heterocycles. The van der Waals surface area contributed by atoms with Gasteiger partial charge >= 0.3 is 0 Å². The molecule has 2 saturated heterocycles. The normalized spacial score (nSPS) is 35.9. The first-order chi connectivity index (χ1) is 6.68. The van der Waals surface area contributed by atoms with Gasteiger partial charge in [-0.25, -0.2) is 8.51 Å². The zero-order valence-corrected chi connectivity index (χ0v) is 9.85. The van der Waals surface area contributed by atoms with Crippen molar-refractivity contribution in [3.63, 3.8) is 0 Å². The average Bonchev–Trinajstić information content (AvgIpc) is 2.62. The number of rotatable bonds is 2. The maximum atomic E-state index is 11.9. The van der Waals surface area contributed by atoms with Gasteiger partial charge in [-0.1, -0.05) is 0 Å². The SMILES string of the molecule is CC(C)S(=O)N1CCC2NCCC2C1. The number of nitrogens with zero attached hydrogens (tertiary/aromatic N) is 1. The van der Waals surface area contributed by atoms with Crippen LogP contribution in [0.25, 0.3) is 0 Å². The van der Waals surface area contributed by atoms with Crippen molar-refractivity contribution in [1.29, 1.82) is 0 Å². The Morgan fingerprint density at radius 3 is 2.93 bits per heavy atom. The molecular formula is C10H20N2OS. The van der Waals surface area contributed by atoms with Gasteiger partial charge in [0.15, 0.2) is 0 Å². The van der Waals surface area contributed by atoms with E-state index in [0.29, 0.717) is 6.04 Å². The summed E-state index contributed by atoms with van der Waals surface area (Å²) < 4.78 is 14.1. The van der Waals surface area contributed by atoms with E-state index in [1.54, 1.807) is 0 Å². The highest BCUT2D eigenvalue weighted by molar-refractivity contribution is 7.83. The van der Waals surface area contributed by atoms with Crippen molar-refractivity contribution in [2.75, 3.05) is 19.6 Å². The predicted molar refractivity (Wildman–Crippen MR) is 59.4 cm³/mol. The fourth-order valence-electron chi connectivity index (χ4n) is 2.48. The molecule has 2 heterocycles. The summed E-state index contributed by atoms with van der Waals surface area (Å²) >= 11 is 0. The van der Waals surface area contributed by atoms with Crippen LogP contribution in [0.3, 0.4) is 0 Å². The van der Waals surface area contributed by atoms with Crippen molar-refractivity contribution in [3.8, 4) is 0 Å². The molecule has 0 saturated carbocycles. The molecule has 2 fully saturated rings. The Morgan fingerprint density at radius 2 is 2.21 bits per heavy atom. The summed E-state index contributed by atoms with van der Waals surface area (Å²) in [5.74, 6) is 0.742. The van der Waals surface area contributed by atoms with Crippen LogP contribution >= 0.6 is 0 Å². The number of piperidine rings is 1. The molecule has 0 spiro atoms. The standard InChI is InChI=1S/C10H20N2OS/c1-8(2)14(13)12-6-4-10-9(7-12)3-5-11-10/h8-11H,3-7H2,1-2H3. The lowest BCUT2D eigenvalue weighted by Crippen LogP contribution is -2.46. The summed E-state index contributed by atoms with van der Waals surface area (Å²) in [5.41, 5.74) is 0. The van der Waals surface area contributed by atoms with Gasteiger partial charge in [-0.2, -0.15) is 0 Å². The number of hydrogen-bond donors (Lipinski definition) is 1. The minimum Gasteiger partial charge on any atom is -0.314 e. The van der Waals surface area contributed by atoms with Crippen LogP contribution in [-0.2, 0) is 11.0 Å². The lowest BCUT2D eigenvalue weighted by molar-refractivity contribution is 0.254. The quantitative estimate of drug-likeness (QED) is 0.738. The van der Waals surface area contributed by atoms with Gasteiger partial charge in [0.2, 0.25) is 0 Å². The lowest BCUT2D eigenvalue weighted by Gasteiger charge is -2.34. The number of hydrogen-bond acceptors (Lipinski definition) is 2. The smallest absolute Gasteiger partial charge is 0.0968 e. The van der Waals surface area contributed by atoms with Crippen molar-refractivity contribution in [2.24, 2.45) is 5.92 Å². The van der Waals surface area contributed by atoms with E-state index in [2.05, 4.69) is 9.62 Å². The molecule has 3 atom stereocenters. The van der Waals surface area contributed by atoms with Gasteiger partial charge in [0, 0.05) is 24.4 Å². The summed E-state index contributed by atoms with van der Waals surface area (Å²) in [4.78, 5) is 0. The Kier molecular flexibility index (Phi) is 3.24. The Balaban J connectivity index is 1.94. The summed E-state index contributed by atoms with van der Waals surface area (Å²) in [6, 6.07) is 0.704. The molecule has 0 aliphatic carbocycles. The average molecular weight is 216 g/mol. The Bertz CT molecular complexity index is 232. The third-order valence-electron chi connectivity index (χ3n) is 3.28. The summed E-state index contributed by atoms with van der Waals surface area (Å²) in [5, 5.41) is 3.79. The van der Waals surface area contributed by atoms with Crippen molar-refractivity contribution >= 4 is 11.0 Å². The van der Waals surface area contributed by atoms with Crippen LogP contribution in [0.4, 0.5) is 0 Å². The van der Waals surface area contributed by atoms with Crippen LogP contribution in [0.5, 0.6) is 0 Å². The molecule has 0 bridgehead atoms. The highest BCUT2D eigenvalue weighted by atomic mass is 32.2. The summed E-state index contributed by atoms with van der Waals surface area (Å²) in [7, 11) is -0.762. The summed E-state index contributed by atoms with van der Waals surface area (Å²) in [6.07, 6.45) is 2.43. The van der Waals surface area contributed by atoms with E-state index in [4.69, 9.17) is 0 Å². The largest absolute Gasteiger partial charge is 0.314 e. The van der Waals surface area contributed by atoms with E-state index >= 15 is 0 Å². The molecule has 0 amide bonds. The van der Waals surface area contributed by atoms with Crippen LogP contribution < -0.4 is 5.32 Å². The third kappa shape index (κ3) is 2.02. The van der Waals surface area contributed by atoms with Crippen molar-refractivity contribution in [2.45, 2.75) is 38.0 Å². The van der Waals surface area contributed by atoms with Crippen LogP contribution in [0.1, 0.15) is 26.7 Å². The zero-order valence-electron chi connectivity index (χ0n) is 9.03. The third-order valence-corrected chi connectivity index (χ3v) is 4.92. The molecule has 0 radical (unpaired) electrons. The van der Waals surface area contributed by atoms with E-state index in [9.17, 15) is 4.21 Å². The maximum Gasteiger partial charge on any atom is 0.0968 e. The zero-order chi connectivity index (χ0) is 10.1.